The highest BCUT2D eigenvalue weighted by molar-refractivity contribution is 6.30. The molecule has 136 valence electrons. The molecule has 4 bridgehead atoms. The van der Waals surface area contributed by atoms with Gasteiger partial charge in [0.1, 0.15) is 5.76 Å². The van der Waals surface area contributed by atoms with Gasteiger partial charge in [0.15, 0.2) is 0 Å². The Morgan fingerprint density at radius 3 is 2.19 bits per heavy atom. The number of nitrogens with zero attached hydrogens (tertiary/aromatic N) is 1. The molecule has 2 aromatic rings. The largest absolute Gasteiger partial charge is 0.467 e. The van der Waals surface area contributed by atoms with Crippen LogP contribution in [0.2, 0.25) is 5.02 Å². The summed E-state index contributed by atoms with van der Waals surface area (Å²) in [6, 6.07) is 11.4. The molecular formula is C22H24ClNO2. The molecule has 6 rings (SSSR count). The molecular weight excluding hydrogens is 346 g/mol. The number of rotatable bonds is 4. The van der Waals surface area contributed by atoms with Gasteiger partial charge in [-0.25, -0.2) is 0 Å². The molecule has 3 nitrogen and oxygen atoms in total. The molecule has 4 heteroatoms. The Balaban J connectivity index is 1.49. The standard InChI is InChI=1S/C22H24ClNO2/c23-18-3-5-19(6-4-18)24(14-20-2-1-7-26-20)21(25)22-11-15-8-16(12-22)10-17(9-15)13-22/h1-7,15-17H,8-14H2. The Morgan fingerprint density at radius 1 is 1.04 bits per heavy atom. The molecule has 1 amide bonds. The van der Waals surface area contributed by atoms with E-state index in [1.807, 2.05) is 41.3 Å². The maximum atomic E-state index is 13.9. The molecule has 0 radical (unpaired) electrons. The molecule has 1 heterocycles. The van der Waals surface area contributed by atoms with Crippen molar-refractivity contribution in [1.82, 2.24) is 0 Å². The van der Waals surface area contributed by atoms with Crippen molar-refractivity contribution in [3.8, 4) is 0 Å². The molecule has 1 aromatic carbocycles. The van der Waals surface area contributed by atoms with E-state index in [1.165, 1.54) is 19.3 Å². The van der Waals surface area contributed by atoms with Crippen LogP contribution < -0.4 is 4.90 Å². The first kappa shape index (κ1) is 16.4. The van der Waals surface area contributed by atoms with Crippen molar-refractivity contribution in [2.24, 2.45) is 23.2 Å². The fraction of sp³-hybridized carbons (Fsp3) is 0.500. The topological polar surface area (TPSA) is 33.5 Å². The fourth-order valence-electron chi connectivity index (χ4n) is 6.12. The van der Waals surface area contributed by atoms with E-state index in [2.05, 4.69) is 0 Å². The molecule has 4 fully saturated rings. The number of carbonyl (C=O) groups is 1. The zero-order valence-corrected chi connectivity index (χ0v) is 15.6. The van der Waals surface area contributed by atoms with Crippen molar-refractivity contribution in [3.63, 3.8) is 0 Å². The predicted molar refractivity (Wildman–Crippen MR) is 102 cm³/mol. The van der Waals surface area contributed by atoms with Crippen LogP contribution in [0.1, 0.15) is 44.3 Å². The summed E-state index contributed by atoms with van der Waals surface area (Å²) in [4.78, 5) is 15.8. The Hall–Kier alpha value is -1.74. The monoisotopic (exact) mass is 369 g/mol. The molecule has 0 unspecified atom stereocenters. The first-order valence-electron chi connectivity index (χ1n) is 9.71. The van der Waals surface area contributed by atoms with Crippen molar-refractivity contribution in [1.29, 1.82) is 0 Å². The Morgan fingerprint density at radius 2 is 1.65 bits per heavy atom. The average molecular weight is 370 g/mol. The van der Waals surface area contributed by atoms with Crippen LogP contribution in [0.5, 0.6) is 0 Å². The number of anilines is 1. The summed E-state index contributed by atoms with van der Waals surface area (Å²) in [6.07, 6.45) is 8.90. The van der Waals surface area contributed by atoms with Gasteiger partial charge in [-0.2, -0.15) is 0 Å². The third-order valence-electron chi connectivity index (χ3n) is 6.77. The van der Waals surface area contributed by atoms with E-state index in [1.54, 1.807) is 6.26 Å². The highest BCUT2D eigenvalue weighted by atomic mass is 35.5. The van der Waals surface area contributed by atoms with Crippen LogP contribution in [0, 0.1) is 23.2 Å². The van der Waals surface area contributed by atoms with E-state index in [0.29, 0.717) is 11.6 Å². The number of amides is 1. The molecule has 0 atom stereocenters. The van der Waals surface area contributed by atoms with Gasteiger partial charge in [0, 0.05) is 10.7 Å². The molecule has 0 N–H and O–H groups in total. The lowest BCUT2D eigenvalue weighted by atomic mass is 9.49. The maximum Gasteiger partial charge on any atom is 0.233 e. The second-order valence-corrected chi connectivity index (χ2v) is 9.08. The second-order valence-electron chi connectivity index (χ2n) is 8.64. The van der Waals surface area contributed by atoms with Gasteiger partial charge in [-0.15, -0.1) is 0 Å². The van der Waals surface area contributed by atoms with Crippen LogP contribution in [0.3, 0.4) is 0 Å². The van der Waals surface area contributed by atoms with Gasteiger partial charge >= 0.3 is 0 Å². The Labute approximate surface area is 159 Å². The second kappa shape index (κ2) is 6.16. The Bertz CT molecular complexity index is 761. The first-order valence-corrected chi connectivity index (χ1v) is 10.1. The van der Waals surface area contributed by atoms with Crippen LogP contribution in [0.25, 0.3) is 0 Å². The van der Waals surface area contributed by atoms with Crippen LogP contribution in [-0.2, 0) is 11.3 Å². The van der Waals surface area contributed by atoms with Gasteiger partial charge in [0.25, 0.3) is 0 Å². The number of furan rings is 1. The zero-order chi connectivity index (χ0) is 17.7. The van der Waals surface area contributed by atoms with Crippen LogP contribution in [0.4, 0.5) is 5.69 Å². The molecule has 0 aliphatic heterocycles. The fourth-order valence-corrected chi connectivity index (χ4v) is 6.24. The zero-order valence-electron chi connectivity index (χ0n) is 14.9. The molecule has 4 aliphatic rings. The summed E-state index contributed by atoms with van der Waals surface area (Å²) in [5.41, 5.74) is 0.743. The van der Waals surface area contributed by atoms with Crippen LogP contribution in [0.15, 0.2) is 47.1 Å². The van der Waals surface area contributed by atoms with Crippen molar-refractivity contribution < 1.29 is 9.21 Å². The molecule has 26 heavy (non-hydrogen) atoms. The summed E-state index contributed by atoms with van der Waals surface area (Å²) in [5, 5.41) is 0.689. The number of hydrogen-bond donors (Lipinski definition) is 0. The minimum Gasteiger partial charge on any atom is -0.467 e. The lowest BCUT2D eigenvalue weighted by Gasteiger charge is -2.56. The van der Waals surface area contributed by atoms with Crippen LogP contribution in [-0.4, -0.2) is 5.91 Å². The quantitative estimate of drug-likeness (QED) is 0.694. The molecule has 0 spiro atoms. The number of halogens is 1. The smallest absolute Gasteiger partial charge is 0.233 e. The van der Waals surface area contributed by atoms with E-state index in [4.69, 9.17) is 16.0 Å². The van der Waals surface area contributed by atoms with Gasteiger partial charge in [0.05, 0.1) is 18.2 Å². The molecule has 0 saturated heterocycles. The molecule has 1 aromatic heterocycles. The van der Waals surface area contributed by atoms with E-state index in [0.717, 1.165) is 48.5 Å². The van der Waals surface area contributed by atoms with Gasteiger partial charge in [-0.3, -0.25) is 4.79 Å². The van der Waals surface area contributed by atoms with E-state index in [9.17, 15) is 4.79 Å². The maximum absolute atomic E-state index is 13.9. The number of carbonyl (C=O) groups excluding carboxylic acids is 1. The lowest BCUT2D eigenvalue weighted by molar-refractivity contribution is -0.143. The van der Waals surface area contributed by atoms with E-state index < -0.39 is 0 Å². The average Bonchev–Trinajstić information content (AvgIpc) is 3.12. The van der Waals surface area contributed by atoms with E-state index in [-0.39, 0.29) is 11.3 Å². The van der Waals surface area contributed by atoms with Crippen molar-refractivity contribution in [2.45, 2.75) is 45.1 Å². The minimum atomic E-state index is -0.166. The molecule has 4 aliphatic carbocycles. The summed E-state index contributed by atoms with van der Waals surface area (Å²) in [5.74, 6) is 3.36. The first-order chi connectivity index (χ1) is 12.6. The third-order valence-corrected chi connectivity index (χ3v) is 7.02. The van der Waals surface area contributed by atoms with Crippen LogP contribution >= 0.6 is 11.6 Å². The summed E-state index contributed by atoms with van der Waals surface area (Å²) >= 11 is 6.07. The van der Waals surface area contributed by atoms with Crippen molar-refractivity contribution in [3.05, 3.63) is 53.4 Å². The minimum absolute atomic E-state index is 0.166. The molecule has 4 saturated carbocycles. The summed E-state index contributed by atoms with van der Waals surface area (Å²) < 4.78 is 5.56. The summed E-state index contributed by atoms with van der Waals surface area (Å²) in [6.45, 7) is 0.481. The van der Waals surface area contributed by atoms with Gasteiger partial charge in [0.2, 0.25) is 5.91 Å². The lowest BCUT2D eigenvalue weighted by Crippen LogP contribution is -2.54. The summed E-state index contributed by atoms with van der Waals surface area (Å²) in [7, 11) is 0. The van der Waals surface area contributed by atoms with Gasteiger partial charge in [-0.1, -0.05) is 11.6 Å². The van der Waals surface area contributed by atoms with Gasteiger partial charge in [-0.05, 0) is 92.7 Å². The highest BCUT2D eigenvalue weighted by Gasteiger charge is 2.55. The SMILES string of the molecule is O=C(N(Cc1ccco1)c1ccc(Cl)cc1)C12CC3CC(CC(C3)C1)C2. The predicted octanol–water partition coefficient (Wildman–Crippen LogP) is 5.68. The van der Waals surface area contributed by atoms with E-state index >= 15 is 0 Å². The number of hydrogen-bond acceptors (Lipinski definition) is 2. The third kappa shape index (κ3) is 2.77. The van der Waals surface area contributed by atoms with Crippen molar-refractivity contribution >= 4 is 23.2 Å². The number of benzene rings is 1. The van der Waals surface area contributed by atoms with Crippen molar-refractivity contribution in [2.75, 3.05) is 4.90 Å². The Kier molecular flexibility index (Phi) is 3.89. The highest BCUT2D eigenvalue weighted by Crippen LogP contribution is 2.60. The normalized spacial score (nSPS) is 32.0. The van der Waals surface area contributed by atoms with Gasteiger partial charge < -0.3 is 9.32 Å².